The molecular formula is C17H19F2N3O4. The molecule has 0 fully saturated rings. The summed E-state index contributed by atoms with van der Waals surface area (Å²) in [5.41, 5.74) is 1.34. The molecule has 7 nitrogen and oxygen atoms in total. The van der Waals surface area contributed by atoms with Crippen molar-refractivity contribution >= 4 is 17.6 Å². The van der Waals surface area contributed by atoms with E-state index in [-0.39, 0.29) is 23.4 Å². The molecule has 0 aliphatic heterocycles. The van der Waals surface area contributed by atoms with Gasteiger partial charge in [0, 0.05) is 11.3 Å². The summed E-state index contributed by atoms with van der Waals surface area (Å²) in [6.07, 6.45) is -0.156. The molecule has 1 aromatic carbocycles. The van der Waals surface area contributed by atoms with Crippen LogP contribution in [0.2, 0.25) is 0 Å². The van der Waals surface area contributed by atoms with E-state index in [0.29, 0.717) is 21.7 Å². The lowest BCUT2D eigenvalue weighted by atomic mass is 10.1. The number of carbonyl (C=O) groups excluding carboxylic acids is 2. The monoisotopic (exact) mass is 367 g/mol. The van der Waals surface area contributed by atoms with E-state index in [1.54, 1.807) is 13.0 Å². The predicted molar refractivity (Wildman–Crippen MR) is 89.6 cm³/mol. The minimum absolute atomic E-state index is 0.122. The maximum Gasteiger partial charge on any atom is 0.340 e. The van der Waals surface area contributed by atoms with Gasteiger partial charge in [-0.2, -0.15) is 13.9 Å². The number of carbonyl (C=O) groups is 2. The Morgan fingerprint density at radius 1 is 1.27 bits per heavy atom. The van der Waals surface area contributed by atoms with E-state index in [1.165, 1.54) is 33.3 Å². The second-order valence-corrected chi connectivity index (χ2v) is 5.50. The second kappa shape index (κ2) is 7.94. The highest BCUT2D eigenvalue weighted by Gasteiger charge is 2.21. The molecule has 0 spiro atoms. The molecule has 140 valence electrons. The average Bonchev–Trinajstić information content (AvgIpc) is 2.89. The summed E-state index contributed by atoms with van der Waals surface area (Å²) in [4.78, 5) is 24.3. The van der Waals surface area contributed by atoms with Crippen molar-refractivity contribution in [2.45, 2.75) is 26.8 Å². The predicted octanol–water partition coefficient (Wildman–Crippen LogP) is 2.87. The molecule has 2 rings (SSSR count). The van der Waals surface area contributed by atoms with Crippen LogP contribution in [0.25, 0.3) is 0 Å². The van der Waals surface area contributed by atoms with E-state index in [1.807, 2.05) is 0 Å². The molecule has 0 saturated carbocycles. The van der Waals surface area contributed by atoms with Gasteiger partial charge < -0.3 is 14.8 Å². The number of aryl methyl sites for hydroxylation is 1. The zero-order valence-corrected chi connectivity index (χ0v) is 14.8. The second-order valence-electron chi connectivity index (χ2n) is 5.50. The minimum atomic E-state index is -2.78. The van der Waals surface area contributed by atoms with Gasteiger partial charge in [-0.3, -0.25) is 4.79 Å². The van der Waals surface area contributed by atoms with Gasteiger partial charge in [-0.1, -0.05) is 0 Å². The summed E-state index contributed by atoms with van der Waals surface area (Å²) >= 11 is 0. The maximum atomic E-state index is 12.9. The Kier molecular flexibility index (Phi) is 5.91. The number of rotatable bonds is 6. The van der Waals surface area contributed by atoms with Gasteiger partial charge in [-0.05, 0) is 32.0 Å². The maximum absolute atomic E-state index is 12.9. The minimum Gasteiger partial charge on any atom is -0.497 e. The molecule has 1 N–H and O–H groups in total. The number of nitrogens with zero attached hydrogens (tertiary/aromatic N) is 2. The van der Waals surface area contributed by atoms with E-state index in [2.05, 4.69) is 10.4 Å². The molecule has 0 unspecified atom stereocenters. The summed E-state index contributed by atoms with van der Waals surface area (Å²) in [6, 6.07) is 4.52. The molecule has 2 aromatic rings. The molecule has 1 aromatic heterocycles. The van der Waals surface area contributed by atoms with Gasteiger partial charge in [0.15, 0.2) is 0 Å². The lowest BCUT2D eigenvalue weighted by molar-refractivity contribution is -0.115. The highest BCUT2D eigenvalue weighted by molar-refractivity contribution is 6.02. The molecule has 0 radical (unpaired) electrons. The lowest BCUT2D eigenvalue weighted by Crippen LogP contribution is -2.18. The van der Waals surface area contributed by atoms with Gasteiger partial charge in [-0.15, -0.1) is 0 Å². The number of hydrogen-bond donors (Lipinski definition) is 1. The quantitative estimate of drug-likeness (QED) is 0.794. The molecule has 26 heavy (non-hydrogen) atoms. The van der Waals surface area contributed by atoms with Crippen molar-refractivity contribution in [3.8, 4) is 5.75 Å². The third-order valence-electron chi connectivity index (χ3n) is 3.90. The third-order valence-corrected chi connectivity index (χ3v) is 3.90. The van der Waals surface area contributed by atoms with Gasteiger partial charge in [0.2, 0.25) is 5.91 Å². The first-order valence-electron chi connectivity index (χ1n) is 7.67. The standard InChI is InChI=1S/C17H19F2N3O4/c1-9-12(10(2)22(21-9)17(18)19)8-15(23)20-14-6-5-11(25-3)7-13(14)16(24)26-4/h5-7,17H,8H2,1-4H3,(H,20,23). The highest BCUT2D eigenvalue weighted by Crippen LogP contribution is 2.24. The van der Waals surface area contributed by atoms with Crippen LogP contribution in [0.3, 0.4) is 0 Å². The Morgan fingerprint density at radius 3 is 2.50 bits per heavy atom. The van der Waals surface area contributed by atoms with Crippen molar-refractivity contribution < 1.29 is 27.8 Å². The molecule has 0 bridgehead atoms. The van der Waals surface area contributed by atoms with Crippen molar-refractivity contribution in [3.05, 3.63) is 40.7 Å². The van der Waals surface area contributed by atoms with Crippen LogP contribution >= 0.6 is 0 Å². The molecule has 0 aliphatic carbocycles. The Labute approximate surface area is 148 Å². The zero-order valence-electron chi connectivity index (χ0n) is 14.8. The normalized spacial score (nSPS) is 10.7. The molecular weight excluding hydrogens is 348 g/mol. The van der Waals surface area contributed by atoms with Crippen molar-refractivity contribution in [2.75, 3.05) is 19.5 Å². The first-order valence-corrected chi connectivity index (χ1v) is 7.67. The number of methoxy groups -OCH3 is 2. The molecule has 1 amide bonds. The van der Waals surface area contributed by atoms with Crippen molar-refractivity contribution in [3.63, 3.8) is 0 Å². The number of ether oxygens (including phenoxy) is 2. The van der Waals surface area contributed by atoms with Crippen LogP contribution in [0.1, 0.15) is 33.9 Å². The van der Waals surface area contributed by atoms with E-state index < -0.39 is 18.4 Å². The van der Waals surface area contributed by atoms with E-state index >= 15 is 0 Å². The number of anilines is 1. The largest absolute Gasteiger partial charge is 0.497 e. The van der Waals surface area contributed by atoms with Crippen LogP contribution in [-0.4, -0.2) is 35.9 Å². The summed E-state index contributed by atoms with van der Waals surface area (Å²) in [7, 11) is 2.67. The lowest BCUT2D eigenvalue weighted by Gasteiger charge is -2.11. The number of esters is 1. The van der Waals surface area contributed by atoms with Crippen molar-refractivity contribution in [1.29, 1.82) is 0 Å². The van der Waals surface area contributed by atoms with Gasteiger partial charge in [0.1, 0.15) is 5.75 Å². The topological polar surface area (TPSA) is 82.4 Å². The van der Waals surface area contributed by atoms with Gasteiger partial charge in [0.25, 0.3) is 0 Å². The Morgan fingerprint density at radius 2 is 1.96 bits per heavy atom. The number of hydrogen-bond acceptors (Lipinski definition) is 5. The number of halogens is 2. The van der Waals surface area contributed by atoms with E-state index in [0.717, 1.165) is 0 Å². The Hall–Kier alpha value is -2.97. The number of amides is 1. The first kappa shape index (κ1) is 19.4. The average molecular weight is 367 g/mol. The smallest absolute Gasteiger partial charge is 0.340 e. The zero-order chi connectivity index (χ0) is 19.4. The van der Waals surface area contributed by atoms with Crippen LogP contribution in [0.4, 0.5) is 14.5 Å². The van der Waals surface area contributed by atoms with Crippen molar-refractivity contribution in [1.82, 2.24) is 9.78 Å². The number of alkyl halides is 2. The number of aromatic nitrogens is 2. The van der Waals surface area contributed by atoms with Crippen LogP contribution < -0.4 is 10.1 Å². The third kappa shape index (κ3) is 3.98. The van der Waals surface area contributed by atoms with Crippen LogP contribution in [0.15, 0.2) is 18.2 Å². The van der Waals surface area contributed by atoms with Gasteiger partial charge in [0.05, 0.1) is 37.6 Å². The SMILES string of the molecule is COC(=O)c1cc(OC)ccc1NC(=O)Cc1c(C)nn(C(F)F)c1C. The van der Waals surface area contributed by atoms with Crippen LogP contribution in [-0.2, 0) is 16.0 Å². The van der Waals surface area contributed by atoms with E-state index in [4.69, 9.17) is 9.47 Å². The van der Waals surface area contributed by atoms with E-state index in [9.17, 15) is 18.4 Å². The fraction of sp³-hybridized carbons (Fsp3) is 0.353. The molecule has 0 saturated heterocycles. The van der Waals surface area contributed by atoms with Crippen LogP contribution in [0, 0.1) is 13.8 Å². The molecule has 1 heterocycles. The number of nitrogens with one attached hydrogen (secondary N) is 1. The highest BCUT2D eigenvalue weighted by atomic mass is 19.3. The Balaban J connectivity index is 2.25. The fourth-order valence-corrected chi connectivity index (χ4v) is 2.54. The summed E-state index contributed by atoms with van der Waals surface area (Å²) in [5, 5.41) is 6.35. The molecule has 0 aliphatic rings. The fourth-order valence-electron chi connectivity index (χ4n) is 2.54. The molecule has 0 atom stereocenters. The summed E-state index contributed by atoms with van der Waals surface area (Å²) < 4.78 is 36.1. The number of benzene rings is 1. The van der Waals surface area contributed by atoms with Crippen LogP contribution in [0.5, 0.6) is 5.75 Å². The summed E-state index contributed by atoms with van der Waals surface area (Å²) in [5.74, 6) is -0.689. The van der Waals surface area contributed by atoms with Crippen molar-refractivity contribution in [2.24, 2.45) is 0 Å². The van der Waals surface area contributed by atoms with Gasteiger partial charge in [-0.25, -0.2) is 9.48 Å². The van der Waals surface area contributed by atoms with Gasteiger partial charge >= 0.3 is 12.5 Å². The Bertz CT molecular complexity index is 834. The molecule has 9 heteroatoms. The first-order chi connectivity index (χ1) is 12.3. The summed E-state index contributed by atoms with van der Waals surface area (Å²) in [6.45, 7) is 0.252.